The smallest absolute Gasteiger partial charge is 0.478 e. The molecule has 2 aliphatic heterocycles. The molecule has 0 N–H and O–H groups in total. The van der Waals surface area contributed by atoms with Crippen LogP contribution in [0.1, 0.15) is 5.56 Å². The minimum atomic E-state index is -5.80. The number of aromatic nitrogens is 3. The molecule has 35 heavy (non-hydrogen) atoms. The molecule has 1 aromatic carbocycles. The predicted molar refractivity (Wildman–Crippen MR) is 113 cm³/mol. The molecule has 3 aromatic rings. The minimum absolute atomic E-state index is 0.0228. The third-order valence-corrected chi connectivity index (χ3v) is 6.27. The SMILES string of the molecule is O=c1nc(OCC2COc3ncccc3O2)cc2n1CCc1cc(OS(=O)(=O)C(F)(F)F)ccc1-2. The summed E-state index contributed by atoms with van der Waals surface area (Å²) in [4.78, 5) is 20.5. The molecule has 0 fully saturated rings. The first-order chi connectivity index (χ1) is 16.6. The fourth-order valence-corrected chi connectivity index (χ4v) is 4.15. The number of hydrogen-bond donors (Lipinski definition) is 0. The second-order valence-electron chi connectivity index (χ2n) is 7.63. The van der Waals surface area contributed by atoms with Crippen molar-refractivity contribution in [2.45, 2.75) is 24.6 Å². The van der Waals surface area contributed by atoms with E-state index in [1.807, 2.05) is 0 Å². The van der Waals surface area contributed by atoms with E-state index in [0.717, 1.165) is 6.07 Å². The lowest BCUT2D eigenvalue weighted by molar-refractivity contribution is -0.0500. The Morgan fingerprint density at radius 2 is 2.03 bits per heavy atom. The highest BCUT2D eigenvalue weighted by atomic mass is 32.2. The van der Waals surface area contributed by atoms with E-state index in [4.69, 9.17) is 14.2 Å². The Morgan fingerprint density at radius 3 is 2.83 bits per heavy atom. The lowest BCUT2D eigenvalue weighted by Crippen LogP contribution is -2.35. The highest BCUT2D eigenvalue weighted by Crippen LogP contribution is 2.34. The van der Waals surface area contributed by atoms with E-state index >= 15 is 0 Å². The fourth-order valence-electron chi connectivity index (χ4n) is 3.70. The average molecular weight is 511 g/mol. The van der Waals surface area contributed by atoms with Crippen molar-refractivity contribution in [2.24, 2.45) is 0 Å². The van der Waals surface area contributed by atoms with Crippen molar-refractivity contribution >= 4 is 10.1 Å². The van der Waals surface area contributed by atoms with Crippen molar-refractivity contribution in [3.8, 4) is 34.5 Å². The summed E-state index contributed by atoms with van der Waals surface area (Å²) in [7, 11) is -5.80. The van der Waals surface area contributed by atoms with Crippen LogP contribution in [0, 0.1) is 0 Å². The van der Waals surface area contributed by atoms with E-state index in [1.165, 1.54) is 22.8 Å². The molecule has 0 bridgehead atoms. The molecule has 0 amide bonds. The summed E-state index contributed by atoms with van der Waals surface area (Å²) in [6.45, 7) is 0.396. The Balaban J connectivity index is 1.36. The van der Waals surface area contributed by atoms with E-state index in [-0.39, 0.29) is 32.1 Å². The van der Waals surface area contributed by atoms with Gasteiger partial charge in [0.1, 0.15) is 19.0 Å². The molecule has 14 heteroatoms. The van der Waals surface area contributed by atoms with Gasteiger partial charge in [-0.05, 0) is 42.3 Å². The summed E-state index contributed by atoms with van der Waals surface area (Å²) in [5.74, 6) is 0.378. The van der Waals surface area contributed by atoms with Crippen LogP contribution in [-0.2, 0) is 23.1 Å². The van der Waals surface area contributed by atoms with Gasteiger partial charge in [0.15, 0.2) is 11.9 Å². The topological polar surface area (TPSA) is 119 Å². The standard InChI is InChI=1S/C21H16F3N3O7S/c22-21(23,24)35(29,30)34-13-3-4-15-12(8-13)5-7-27-16(15)9-18(26-20(27)28)31-10-14-11-32-19-17(33-14)2-1-6-25-19/h1-4,6,8-9,14H,5,7,10-11H2. The number of aryl methyl sites for hydroxylation is 1. The van der Waals surface area contributed by atoms with Crippen LogP contribution in [0.4, 0.5) is 13.2 Å². The van der Waals surface area contributed by atoms with Gasteiger partial charge in [-0.25, -0.2) is 9.78 Å². The number of hydrogen-bond acceptors (Lipinski definition) is 9. The lowest BCUT2D eigenvalue weighted by Gasteiger charge is -2.25. The van der Waals surface area contributed by atoms with Crippen molar-refractivity contribution in [2.75, 3.05) is 13.2 Å². The van der Waals surface area contributed by atoms with E-state index in [9.17, 15) is 26.4 Å². The van der Waals surface area contributed by atoms with Crippen molar-refractivity contribution < 1.29 is 40.0 Å². The molecule has 10 nitrogen and oxygen atoms in total. The van der Waals surface area contributed by atoms with Gasteiger partial charge in [0.25, 0.3) is 5.88 Å². The first kappa shape index (κ1) is 23.0. The first-order valence-electron chi connectivity index (χ1n) is 10.2. The zero-order valence-electron chi connectivity index (χ0n) is 17.7. The summed E-state index contributed by atoms with van der Waals surface area (Å²) >= 11 is 0. The summed E-state index contributed by atoms with van der Waals surface area (Å²) in [6.07, 6.45) is 1.36. The van der Waals surface area contributed by atoms with Crippen molar-refractivity contribution in [1.82, 2.24) is 14.5 Å². The zero-order chi connectivity index (χ0) is 24.8. The summed E-state index contributed by atoms with van der Waals surface area (Å²) < 4.78 is 83.1. The number of benzene rings is 1. The number of nitrogens with zero attached hydrogens (tertiary/aromatic N) is 3. The maximum absolute atomic E-state index is 12.6. The molecule has 0 saturated heterocycles. The Kier molecular flexibility index (Phi) is 5.54. The van der Waals surface area contributed by atoms with Gasteiger partial charge in [0, 0.05) is 24.4 Å². The van der Waals surface area contributed by atoms with Crippen LogP contribution < -0.4 is 24.1 Å². The van der Waals surface area contributed by atoms with Crippen LogP contribution in [0.25, 0.3) is 11.3 Å². The number of ether oxygens (including phenoxy) is 3. The summed E-state index contributed by atoms with van der Waals surface area (Å²) in [6, 6.07) is 8.59. The average Bonchev–Trinajstić information content (AvgIpc) is 2.81. The van der Waals surface area contributed by atoms with Crippen LogP contribution in [0.2, 0.25) is 0 Å². The number of halogens is 3. The summed E-state index contributed by atoms with van der Waals surface area (Å²) in [5.41, 5.74) is -4.69. The van der Waals surface area contributed by atoms with Gasteiger partial charge in [-0.3, -0.25) is 4.57 Å². The molecule has 4 heterocycles. The van der Waals surface area contributed by atoms with E-state index in [1.54, 1.807) is 18.3 Å². The van der Waals surface area contributed by atoms with Gasteiger partial charge in [0.2, 0.25) is 5.88 Å². The van der Waals surface area contributed by atoms with Crippen LogP contribution >= 0.6 is 0 Å². The second-order valence-corrected chi connectivity index (χ2v) is 9.17. The maximum Gasteiger partial charge on any atom is 0.534 e. The molecule has 2 aromatic heterocycles. The highest BCUT2D eigenvalue weighted by molar-refractivity contribution is 7.88. The molecule has 1 atom stereocenters. The maximum atomic E-state index is 12.6. The third kappa shape index (κ3) is 4.48. The van der Waals surface area contributed by atoms with Gasteiger partial charge < -0.3 is 18.4 Å². The first-order valence-corrected chi connectivity index (χ1v) is 11.6. The molecule has 184 valence electrons. The van der Waals surface area contributed by atoms with Crippen LogP contribution in [0.5, 0.6) is 23.3 Å². The van der Waals surface area contributed by atoms with Gasteiger partial charge >= 0.3 is 21.3 Å². The number of alkyl halides is 3. The van der Waals surface area contributed by atoms with Gasteiger partial charge in [-0.1, -0.05) is 0 Å². The quantitative estimate of drug-likeness (QED) is 0.376. The normalized spacial score (nSPS) is 16.7. The molecule has 0 spiro atoms. The van der Waals surface area contributed by atoms with Gasteiger partial charge in [-0.15, -0.1) is 0 Å². The van der Waals surface area contributed by atoms with Crippen LogP contribution in [0.15, 0.2) is 47.4 Å². The molecule has 0 aliphatic carbocycles. The Hall–Kier alpha value is -3.81. The van der Waals surface area contributed by atoms with E-state index < -0.39 is 33.2 Å². The van der Waals surface area contributed by atoms with E-state index in [0.29, 0.717) is 28.5 Å². The molecular formula is C21H16F3N3O7S. The van der Waals surface area contributed by atoms with Gasteiger partial charge in [-0.2, -0.15) is 26.6 Å². The molecule has 2 aliphatic rings. The minimum Gasteiger partial charge on any atom is -0.478 e. The number of pyridine rings is 1. The van der Waals surface area contributed by atoms with E-state index in [2.05, 4.69) is 14.2 Å². The van der Waals surface area contributed by atoms with Crippen molar-refractivity contribution in [3.05, 3.63) is 58.6 Å². The molecule has 0 saturated carbocycles. The van der Waals surface area contributed by atoms with Crippen LogP contribution in [-0.4, -0.2) is 47.8 Å². The molecule has 5 rings (SSSR count). The molecule has 0 radical (unpaired) electrons. The third-order valence-electron chi connectivity index (χ3n) is 5.29. The Morgan fingerprint density at radius 1 is 1.20 bits per heavy atom. The Labute approximate surface area is 196 Å². The van der Waals surface area contributed by atoms with Crippen molar-refractivity contribution in [3.63, 3.8) is 0 Å². The van der Waals surface area contributed by atoms with Crippen molar-refractivity contribution in [1.29, 1.82) is 0 Å². The largest absolute Gasteiger partial charge is 0.534 e. The molecular weight excluding hydrogens is 495 g/mol. The monoisotopic (exact) mass is 511 g/mol. The zero-order valence-corrected chi connectivity index (χ0v) is 18.5. The van der Waals surface area contributed by atoms with Gasteiger partial charge in [0.05, 0.1) is 5.69 Å². The fraction of sp³-hybridized carbons (Fsp3) is 0.286. The molecule has 1 unspecified atom stereocenters. The predicted octanol–water partition coefficient (Wildman–Crippen LogP) is 2.31. The summed E-state index contributed by atoms with van der Waals surface area (Å²) in [5, 5.41) is 0. The second kappa shape index (κ2) is 8.45. The van der Waals surface area contributed by atoms with Crippen LogP contribution in [0.3, 0.4) is 0 Å². The number of rotatable bonds is 5. The number of fused-ring (bicyclic) bond motifs is 4. The Bertz CT molecular complexity index is 1460. The highest BCUT2D eigenvalue weighted by Gasteiger charge is 2.48. The lowest BCUT2D eigenvalue weighted by atomic mass is 9.97.